The van der Waals surface area contributed by atoms with Gasteiger partial charge in [0.15, 0.2) is 0 Å². The molecule has 1 N–H and O–H groups in total. The fraction of sp³-hybridized carbons (Fsp3) is 0.222. The molecule has 0 saturated carbocycles. The van der Waals surface area contributed by atoms with Gasteiger partial charge in [0.1, 0.15) is 0 Å². The molecule has 0 heterocycles. The second-order valence-corrected chi connectivity index (χ2v) is 4.89. The zero-order valence-electron chi connectivity index (χ0n) is 12.1. The van der Waals surface area contributed by atoms with Crippen LogP contribution in [-0.2, 0) is 17.9 Å². The fourth-order valence-corrected chi connectivity index (χ4v) is 2.04. The second kappa shape index (κ2) is 8.37. The third-order valence-electron chi connectivity index (χ3n) is 3.24. The van der Waals surface area contributed by atoms with Crippen LogP contribution in [0.15, 0.2) is 73.3 Å². The van der Waals surface area contributed by atoms with Crippen molar-refractivity contribution < 1.29 is 9.94 Å². The summed E-state index contributed by atoms with van der Waals surface area (Å²) in [6.07, 6.45) is 1.70. The minimum absolute atomic E-state index is 0.228. The summed E-state index contributed by atoms with van der Waals surface area (Å²) in [5.41, 5.74) is 2.17. The number of hydroxylamine groups is 2. The van der Waals surface area contributed by atoms with Crippen LogP contribution in [-0.4, -0.2) is 22.9 Å². The van der Waals surface area contributed by atoms with Gasteiger partial charge in [-0.15, -0.1) is 6.58 Å². The Hall–Kier alpha value is -1.94. The number of hydrogen-bond acceptors (Lipinski definition) is 3. The molecule has 0 aromatic heterocycles. The van der Waals surface area contributed by atoms with E-state index >= 15 is 0 Å². The molecule has 0 fully saturated rings. The Morgan fingerprint density at radius 3 is 2.14 bits per heavy atom. The molecule has 3 heteroatoms. The predicted octanol–water partition coefficient (Wildman–Crippen LogP) is 3.65. The highest BCUT2D eigenvalue weighted by Crippen LogP contribution is 2.08. The van der Waals surface area contributed by atoms with Gasteiger partial charge < -0.3 is 9.94 Å². The molecule has 110 valence electrons. The van der Waals surface area contributed by atoms with E-state index in [-0.39, 0.29) is 6.04 Å². The van der Waals surface area contributed by atoms with E-state index < -0.39 is 0 Å². The molecule has 0 bridgehead atoms. The predicted molar refractivity (Wildman–Crippen MR) is 83.9 cm³/mol. The lowest BCUT2D eigenvalue weighted by molar-refractivity contribution is -0.138. The van der Waals surface area contributed by atoms with E-state index in [1.807, 2.05) is 60.7 Å². The summed E-state index contributed by atoms with van der Waals surface area (Å²) >= 11 is 0. The molecule has 0 radical (unpaired) electrons. The van der Waals surface area contributed by atoms with Crippen LogP contribution in [0.3, 0.4) is 0 Å². The molecule has 2 rings (SSSR count). The normalized spacial score (nSPS) is 12.3. The Morgan fingerprint density at radius 2 is 1.57 bits per heavy atom. The van der Waals surface area contributed by atoms with Gasteiger partial charge in [-0.05, 0) is 11.1 Å². The maximum Gasteiger partial charge on any atom is 0.0765 e. The molecule has 1 unspecified atom stereocenters. The molecule has 2 aromatic rings. The van der Waals surface area contributed by atoms with Crippen LogP contribution in [0.25, 0.3) is 0 Å². The van der Waals surface area contributed by atoms with Crippen molar-refractivity contribution in [2.24, 2.45) is 0 Å². The lowest BCUT2D eigenvalue weighted by Gasteiger charge is -2.23. The summed E-state index contributed by atoms with van der Waals surface area (Å²) < 4.78 is 5.66. The first-order valence-corrected chi connectivity index (χ1v) is 7.03. The molecule has 2 aromatic carbocycles. The minimum Gasteiger partial charge on any atom is -0.375 e. The Morgan fingerprint density at radius 1 is 1.00 bits per heavy atom. The molecule has 0 aliphatic heterocycles. The molecule has 0 aliphatic carbocycles. The number of hydrogen-bond donors (Lipinski definition) is 1. The van der Waals surface area contributed by atoms with Gasteiger partial charge in [0.25, 0.3) is 0 Å². The van der Waals surface area contributed by atoms with Crippen LogP contribution >= 0.6 is 0 Å². The van der Waals surface area contributed by atoms with Gasteiger partial charge in [0.05, 0.1) is 19.3 Å². The first-order chi connectivity index (χ1) is 10.3. The smallest absolute Gasteiger partial charge is 0.0765 e. The maximum atomic E-state index is 10.1. The van der Waals surface area contributed by atoms with Crippen molar-refractivity contribution in [2.45, 2.75) is 19.2 Å². The average molecular weight is 283 g/mol. The first-order valence-electron chi connectivity index (χ1n) is 7.03. The summed E-state index contributed by atoms with van der Waals surface area (Å²) in [6, 6.07) is 19.6. The third-order valence-corrected chi connectivity index (χ3v) is 3.24. The Labute approximate surface area is 126 Å². The molecule has 0 aliphatic rings. The van der Waals surface area contributed by atoms with Gasteiger partial charge >= 0.3 is 0 Å². The molecule has 0 amide bonds. The Bertz CT molecular complexity index is 527. The number of benzene rings is 2. The monoisotopic (exact) mass is 283 g/mol. The summed E-state index contributed by atoms with van der Waals surface area (Å²) in [5, 5.41) is 11.4. The van der Waals surface area contributed by atoms with Crippen molar-refractivity contribution in [2.75, 3.05) is 6.61 Å². The van der Waals surface area contributed by atoms with Crippen LogP contribution < -0.4 is 0 Å². The highest BCUT2D eigenvalue weighted by atomic mass is 16.5. The topological polar surface area (TPSA) is 32.7 Å². The van der Waals surface area contributed by atoms with Crippen LogP contribution in [0.5, 0.6) is 0 Å². The van der Waals surface area contributed by atoms with Crippen LogP contribution in [0.1, 0.15) is 11.1 Å². The van der Waals surface area contributed by atoms with E-state index in [4.69, 9.17) is 4.74 Å². The number of nitrogens with zero attached hydrogens (tertiary/aromatic N) is 1. The standard InChI is InChI=1S/C18H21NO2/c1-2-18(15-21-14-17-11-7-4-8-12-17)19(20)13-16-9-5-3-6-10-16/h2-12,18,20H,1,13-15H2. The Balaban J connectivity index is 1.80. The second-order valence-electron chi connectivity index (χ2n) is 4.89. The maximum absolute atomic E-state index is 10.1. The zero-order chi connectivity index (χ0) is 14.9. The highest BCUT2D eigenvalue weighted by Gasteiger charge is 2.13. The van der Waals surface area contributed by atoms with E-state index in [9.17, 15) is 5.21 Å². The lowest BCUT2D eigenvalue weighted by Crippen LogP contribution is -2.33. The van der Waals surface area contributed by atoms with Gasteiger partial charge in [-0.1, -0.05) is 66.7 Å². The van der Waals surface area contributed by atoms with Gasteiger partial charge in [0, 0.05) is 6.54 Å². The number of ether oxygens (including phenoxy) is 1. The van der Waals surface area contributed by atoms with Crippen molar-refractivity contribution in [1.29, 1.82) is 0 Å². The van der Waals surface area contributed by atoms with Crippen molar-refractivity contribution in [3.63, 3.8) is 0 Å². The summed E-state index contributed by atoms with van der Waals surface area (Å²) in [5.74, 6) is 0. The van der Waals surface area contributed by atoms with E-state index in [1.54, 1.807) is 6.08 Å². The largest absolute Gasteiger partial charge is 0.375 e. The van der Waals surface area contributed by atoms with E-state index in [2.05, 4.69) is 6.58 Å². The van der Waals surface area contributed by atoms with Crippen LogP contribution in [0.4, 0.5) is 0 Å². The molecule has 0 saturated heterocycles. The molecule has 3 nitrogen and oxygen atoms in total. The fourth-order valence-electron chi connectivity index (χ4n) is 2.04. The SMILES string of the molecule is C=CC(COCc1ccccc1)N(O)Cc1ccccc1. The molecule has 21 heavy (non-hydrogen) atoms. The van der Waals surface area contributed by atoms with Gasteiger partial charge in [-0.3, -0.25) is 0 Å². The zero-order valence-corrected chi connectivity index (χ0v) is 12.1. The van der Waals surface area contributed by atoms with E-state index in [0.29, 0.717) is 19.8 Å². The quantitative estimate of drug-likeness (QED) is 0.593. The van der Waals surface area contributed by atoms with Crippen molar-refractivity contribution in [1.82, 2.24) is 5.06 Å². The minimum atomic E-state index is -0.228. The van der Waals surface area contributed by atoms with Crippen LogP contribution in [0.2, 0.25) is 0 Å². The lowest BCUT2D eigenvalue weighted by atomic mass is 10.2. The first kappa shape index (κ1) is 15.4. The molecular weight excluding hydrogens is 262 g/mol. The van der Waals surface area contributed by atoms with E-state index in [1.165, 1.54) is 5.06 Å². The van der Waals surface area contributed by atoms with Gasteiger partial charge in [-0.2, -0.15) is 5.06 Å². The van der Waals surface area contributed by atoms with Crippen molar-refractivity contribution in [3.05, 3.63) is 84.4 Å². The van der Waals surface area contributed by atoms with Gasteiger partial charge in [0.2, 0.25) is 0 Å². The summed E-state index contributed by atoms with van der Waals surface area (Å²) in [6.45, 7) is 5.15. The van der Waals surface area contributed by atoms with Crippen molar-refractivity contribution in [3.8, 4) is 0 Å². The molecule has 0 spiro atoms. The van der Waals surface area contributed by atoms with E-state index in [0.717, 1.165) is 11.1 Å². The molecule has 1 atom stereocenters. The van der Waals surface area contributed by atoms with Gasteiger partial charge in [-0.25, -0.2) is 0 Å². The van der Waals surface area contributed by atoms with Crippen LogP contribution in [0, 0.1) is 0 Å². The summed E-state index contributed by atoms with van der Waals surface area (Å²) in [4.78, 5) is 0. The Kier molecular flexibility index (Phi) is 6.16. The molecular formula is C18H21NO2. The third kappa shape index (κ3) is 5.16. The summed E-state index contributed by atoms with van der Waals surface area (Å²) in [7, 11) is 0. The average Bonchev–Trinajstić information content (AvgIpc) is 2.53. The highest BCUT2D eigenvalue weighted by molar-refractivity contribution is 5.15. The number of rotatable bonds is 8. The van der Waals surface area contributed by atoms with Crippen molar-refractivity contribution >= 4 is 0 Å².